The highest BCUT2D eigenvalue weighted by atomic mass is 32.1. The van der Waals surface area contributed by atoms with Gasteiger partial charge in [-0.3, -0.25) is 9.59 Å². The fourth-order valence-electron chi connectivity index (χ4n) is 4.30. The topological polar surface area (TPSA) is 40.6 Å². The van der Waals surface area contributed by atoms with Gasteiger partial charge < -0.3 is 9.80 Å². The molecule has 160 valence electrons. The molecule has 1 unspecified atom stereocenters. The third-order valence-electron chi connectivity index (χ3n) is 6.08. The molecule has 1 aromatic carbocycles. The van der Waals surface area contributed by atoms with E-state index in [2.05, 4.69) is 18.4 Å². The normalized spacial score (nSPS) is 18.2. The van der Waals surface area contributed by atoms with E-state index >= 15 is 0 Å². The Morgan fingerprint density at radius 1 is 1.17 bits per heavy atom. The minimum Gasteiger partial charge on any atom is -0.330 e. The van der Waals surface area contributed by atoms with E-state index in [9.17, 15) is 14.0 Å². The highest BCUT2D eigenvalue weighted by Crippen LogP contribution is 2.38. The molecule has 30 heavy (non-hydrogen) atoms. The fraction of sp³-hybridized carbons (Fsp3) is 0.500. The van der Waals surface area contributed by atoms with Crippen LogP contribution in [0.4, 0.5) is 4.39 Å². The van der Waals surface area contributed by atoms with Gasteiger partial charge in [-0.1, -0.05) is 31.9 Å². The van der Waals surface area contributed by atoms with Crippen molar-refractivity contribution < 1.29 is 14.0 Å². The quantitative estimate of drug-likeness (QED) is 0.559. The van der Waals surface area contributed by atoms with Gasteiger partial charge in [-0.2, -0.15) is 0 Å². The summed E-state index contributed by atoms with van der Waals surface area (Å²) >= 11 is 1.71. The molecule has 2 heterocycles. The second-order valence-corrected chi connectivity index (χ2v) is 9.30. The lowest BCUT2D eigenvalue weighted by atomic mass is 9.93. The first-order valence-corrected chi connectivity index (χ1v) is 11.9. The van der Waals surface area contributed by atoms with Crippen molar-refractivity contribution in [3.63, 3.8) is 0 Å². The summed E-state index contributed by atoms with van der Waals surface area (Å²) in [6, 6.07) is 8.50. The lowest BCUT2D eigenvalue weighted by Crippen LogP contribution is -2.47. The Hall–Kier alpha value is -2.21. The Labute approximate surface area is 181 Å². The number of unbranched alkanes of at least 4 members (excludes halogenated alkanes) is 2. The van der Waals surface area contributed by atoms with Gasteiger partial charge in [-0.05, 0) is 60.4 Å². The number of benzene rings is 1. The molecular formula is C24H29FN2O2S. The summed E-state index contributed by atoms with van der Waals surface area (Å²) in [5, 5.41) is 2.06. The average molecular weight is 429 g/mol. The van der Waals surface area contributed by atoms with Crippen molar-refractivity contribution >= 4 is 23.2 Å². The van der Waals surface area contributed by atoms with E-state index in [1.165, 1.54) is 17.0 Å². The van der Waals surface area contributed by atoms with E-state index in [-0.39, 0.29) is 36.3 Å². The molecule has 1 atom stereocenters. The Morgan fingerprint density at radius 2 is 1.93 bits per heavy atom. The van der Waals surface area contributed by atoms with Crippen LogP contribution in [0.1, 0.15) is 67.5 Å². The second-order valence-electron chi connectivity index (χ2n) is 8.30. The standard InChI is InChI=1S/C24H29FN2O2S/c1-2-3-4-5-22(28)27(19-10-11-19)16-23(29)26-14-12-21-20(13-15-30-21)24(26)17-6-8-18(25)9-7-17/h6-9,13,15,19,24H,2-5,10-12,14,16H2,1H3. The first kappa shape index (κ1) is 21.0. The number of halogens is 1. The molecule has 1 aromatic heterocycles. The zero-order valence-corrected chi connectivity index (χ0v) is 18.3. The number of carbonyl (C=O) groups excluding carboxylic acids is 2. The largest absolute Gasteiger partial charge is 0.330 e. The first-order valence-electron chi connectivity index (χ1n) is 11.0. The Bertz CT molecular complexity index is 891. The molecule has 0 N–H and O–H groups in total. The van der Waals surface area contributed by atoms with Crippen LogP contribution in [0.5, 0.6) is 0 Å². The molecule has 4 rings (SSSR count). The lowest BCUT2D eigenvalue weighted by Gasteiger charge is -2.37. The number of hydrogen-bond donors (Lipinski definition) is 0. The van der Waals surface area contributed by atoms with Crippen molar-refractivity contribution in [2.75, 3.05) is 13.1 Å². The van der Waals surface area contributed by atoms with Crippen molar-refractivity contribution in [2.45, 2.75) is 64.0 Å². The molecule has 2 aliphatic rings. The van der Waals surface area contributed by atoms with E-state index in [4.69, 9.17) is 0 Å². The number of carbonyl (C=O) groups is 2. The van der Waals surface area contributed by atoms with Crippen molar-refractivity contribution in [2.24, 2.45) is 0 Å². The van der Waals surface area contributed by atoms with Crippen molar-refractivity contribution in [3.8, 4) is 0 Å². The third-order valence-corrected chi connectivity index (χ3v) is 7.08. The molecule has 4 nitrogen and oxygen atoms in total. The van der Waals surface area contributed by atoms with Crippen LogP contribution in [-0.4, -0.2) is 40.7 Å². The van der Waals surface area contributed by atoms with Gasteiger partial charge in [0.05, 0.1) is 6.04 Å². The Kier molecular flexibility index (Phi) is 6.52. The summed E-state index contributed by atoms with van der Waals surface area (Å²) in [6.07, 6.45) is 6.32. The van der Waals surface area contributed by atoms with E-state index in [0.717, 1.165) is 49.7 Å². The maximum absolute atomic E-state index is 13.5. The van der Waals surface area contributed by atoms with Crippen LogP contribution in [-0.2, 0) is 16.0 Å². The van der Waals surface area contributed by atoms with E-state index < -0.39 is 0 Å². The predicted molar refractivity (Wildman–Crippen MR) is 117 cm³/mol. The molecule has 1 saturated carbocycles. The van der Waals surface area contributed by atoms with Crippen molar-refractivity contribution in [1.82, 2.24) is 9.80 Å². The van der Waals surface area contributed by atoms with Crippen LogP contribution in [0.15, 0.2) is 35.7 Å². The maximum atomic E-state index is 13.5. The monoisotopic (exact) mass is 428 g/mol. The summed E-state index contributed by atoms with van der Waals surface area (Å²) in [5.74, 6) is -0.196. The van der Waals surface area contributed by atoms with Gasteiger partial charge in [0, 0.05) is 23.9 Å². The number of fused-ring (bicyclic) bond motifs is 1. The number of nitrogens with zero attached hydrogens (tertiary/aromatic N) is 2. The second kappa shape index (κ2) is 9.29. The molecule has 6 heteroatoms. The maximum Gasteiger partial charge on any atom is 0.243 e. The molecule has 0 spiro atoms. The van der Waals surface area contributed by atoms with Crippen LogP contribution in [0.25, 0.3) is 0 Å². The van der Waals surface area contributed by atoms with Gasteiger partial charge in [-0.15, -0.1) is 11.3 Å². The number of hydrogen-bond acceptors (Lipinski definition) is 3. The molecule has 0 bridgehead atoms. The minimum absolute atomic E-state index is 0.0167. The number of thiophene rings is 1. The van der Waals surface area contributed by atoms with Gasteiger partial charge in [-0.25, -0.2) is 4.39 Å². The molecule has 1 fully saturated rings. The zero-order chi connectivity index (χ0) is 21.1. The smallest absolute Gasteiger partial charge is 0.243 e. The summed E-state index contributed by atoms with van der Waals surface area (Å²) < 4.78 is 13.5. The molecule has 1 aliphatic heterocycles. The van der Waals surface area contributed by atoms with Crippen molar-refractivity contribution in [1.29, 1.82) is 0 Å². The van der Waals surface area contributed by atoms with Gasteiger partial charge in [0.25, 0.3) is 0 Å². The average Bonchev–Trinajstić information content (AvgIpc) is 3.47. The van der Waals surface area contributed by atoms with Crippen LogP contribution in [0.2, 0.25) is 0 Å². The van der Waals surface area contributed by atoms with Gasteiger partial charge in [0.15, 0.2) is 0 Å². The SMILES string of the molecule is CCCCCC(=O)N(CC(=O)N1CCc2sccc2C1c1ccc(F)cc1)C1CC1. The molecular weight excluding hydrogens is 399 g/mol. The minimum atomic E-state index is -0.282. The van der Waals surface area contributed by atoms with Crippen molar-refractivity contribution in [3.05, 3.63) is 57.5 Å². The summed E-state index contributed by atoms with van der Waals surface area (Å²) in [6.45, 7) is 2.89. The fourth-order valence-corrected chi connectivity index (χ4v) is 5.21. The highest BCUT2D eigenvalue weighted by molar-refractivity contribution is 7.10. The lowest BCUT2D eigenvalue weighted by molar-refractivity contribution is -0.142. The number of rotatable bonds is 8. The number of amides is 2. The van der Waals surface area contributed by atoms with Gasteiger partial charge in [0.1, 0.15) is 12.4 Å². The molecule has 2 aromatic rings. The van der Waals surface area contributed by atoms with E-state index in [1.54, 1.807) is 23.5 Å². The molecule has 2 amide bonds. The third kappa shape index (κ3) is 4.59. The van der Waals surface area contributed by atoms with E-state index in [1.807, 2.05) is 9.80 Å². The van der Waals surface area contributed by atoms with Crippen LogP contribution >= 0.6 is 11.3 Å². The Balaban J connectivity index is 1.54. The van der Waals surface area contributed by atoms with E-state index in [0.29, 0.717) is 13.0 Å². The summed E-state index contributed by atoms with van der Waals surface area (Å²) in [5.41, 5.74) is 2.04. The van der Waals surface area contributed by atoms with Crippen LogP contribution < -0.4 is 0 Å². The molecule has 0 saturated heterocycles. The summed E-state index contributed by atoms with van der Waals surface area (Å²) in [4.78, 5) is 31.2. The van der Waals surface area contributed by atoms with Gasteiger partial charge >= 0.3 is 0 Å². The van der Waals surface area contributed by atoms with Gasteiger partial charge in [0.2, 0.25) is 11.8 Å². The van der Waals surface area contributed by atoms with Crippen LogP contribution in [0, 0.1) is 5.82 Å². The molecule has 1 aliphatic carbocycles. The zero-order valence-electron chi connectivity index (χ0n) is 17.5. The summed E-state index contributed by atoms with van der Waals surface area (Å²) in [7, 11) is 0. The predicted octanol–water partition coefficient (Wildman–Crippen LogP) is 4.93. The highest BCUT2D eigenvalue weighted by Gasteiger charge is 2.37. The molecule has 0 radical (unpaired) electrons. The first-order chi connectivity index (χ1) is 14.6. The van der Waals surface area contributed by atoms with Crippen LogP contribution in [0.3, 0.4) is 0 Å². The Morgan fingerprint density at radius 3 is 2.63 bits per heavy atom.